The van der Waals surface area contributed by atoms with E-state index in [0.29, 0.717) is 11.5 Å². The first-order valence-corrected chi connectivity index (χ1v) is 12.0. The number of nitrogens with one attached hydrogen (secondary N) is 1. The molecule has 2 aromatic carbocycles. The van der Waals surface area contributed by atoms with Crippen molar-refractivity contribution in [1.29, 1.82) is 0 Å². The predicted molar refractivity (Wildman–Crippen MR) is 131 cm³/mol. The van der Waals surface area contributed by atoms with Gasteiger partial charge in [0, 0.05) is 29.8 Å². The van der Waals surface area contributed by atoms with Crippen LogP contribution in [0.5, 0.6) is 0 Å². The van der Waals surface area contributed by atoms with Gasteiger partial charge in [-0.1, -0.05) is 48.5 Å². The molecular weight excluding hydrogens is 416 g/mol. The maximum Gasteiger partial charge on any atom is 0.230 e. The molecule has 0 saturated heterocycles. The van der Waals surface area contributed by atoms with Crippen LogP contribution in [0.15, 0.2) is 91.4 Å². The van der Waals surface area contributed by atoms with E-state index in [1.807, 2.05) is 71.8 Å². The minimum Gasteiger partial charge on any atom is -0.353 e. The molecule has 6 heteroatoms. The highest BCUT2D eigenvalue weighted by Crippen LogP contribution is 2.23. The molecule has 4 aromatic rings. The second-order valence-corrected chi connectivity index (χ2v) is 8.80. The third-order valence-electron chi connectivity index (χ3n) is 5.27. The number of benzene rings is 2. The van der Waals surface area contributed by atoms with Crippen molar-refractivity contribution in [3.63, 3.8) is 0 Å². The maximum absolute atomic E-state index is 12.4. The van der Waals surface area contributed by atoms with Crippen LogP contribution in [0.4, 0.5) is 0 Å². The molecule has 32 heavy (non-hydrogen) atoms. The number of carbonyl (C=O) groups is 1. The normalized spacial score (nSPS) is 11.9. The average molecular weight is 445 g/mol. The van der Waals surface area contributed by atoms with Crippen LogP contribution in [0.2, 0.25) is 0 Å². The van der Waals surface area contributed by atoms with E-state index in [1.165, 1.54) is 5.56 Å². The molecule has 1 atom stereocenters. The fraction of sp³-hybridized carbons (Fsp3) is 0.231. The van der Waals surface area contributed by atoms with Gasteiger partial charge in [0.1, 0.15) is 5.82 Å². The van der Waals surface area contributed by atoms with Gasteiger partial charge in [-0.2, -0.15) is 5.10 Å². The summed E-state index contributed by atoms with van der Waals surface area (Å²) in [6.07, 6.45) is 7.84. The number of rotatable bonds is 10. The summed E-state index contributed by atoms with van der Waals surface area (Å²) in [5.41, 5.74) is 3.41. The zero-order valence-corrected chi connectivity index (χ0v) is 19.0. The Morgan fingerprint density at radius 3 is 2.41 bits per heavy atom. The van der Waals surface area contributed by atoms with Crippen LogP contribution in [0, 0.1) is 0 Å². The lowest BCUT2D eigenvalue weighted by atomic mass is 10.1. The molecule has 4 rings (SSSR count). The summed E-state index contributed by atoms with van der Waals surface area (Å²) < 4.78 is 4.02. The molecular formula is C26H28N4OS. The van der Waals surface area contributed by atoms with Crippen molar-refractivity contribution in [2.24, 2.45) is 0 Å². The lowest BCUT2D eigenvalue weighted by Crippen LogP contribution is -2.34. The van der Waals surface area contributed by atoms with Gasteiger partial charge in [0.05, 0.1) is 17.6 Å². The van der Waals surface area contributed by atoms with E-state index in [1.54, 1.807) is 11.8 Å². The van der Waals surface area contributed by atoms with Gasteiger partial charge in [0.15, 0.2) is 0 Å². The number of para-hydroxylation sites is 1. The molecule has 0 aliphatic carbocycles. The Morgan fingerprint density at radius 2 is 1.69 bits per heavy atom. The van der Waals surface area contributed by atoms with Crippen molar-refractivity contribution < 1.29 is 4.79 Å². The van der Waals surface area contributed by atoms with Crippen LogP contribution in [0.1, 0.15) is 24.5 Å². The first kappa shape index (κ1) is 22.0. The highest BCUT2D eigenvalue weighted by molar-refractivity contribution is 7.99. The van der Waals surface area contributed by atoms with Crippen molar-refractivity contribution in [2.45, 2.75) is 31.6 Å². The van der Waals surface area contributed by atoms with Crippen LogP contribution in [-0.4, -0.2) is 32.0 Å². The molecule has 2 heterocycles. The molecule has 0 saturated carbocycles. The number of thioether (sulfide) groups is 1. The molecule has 5 nitrogen and oxygen atoms in total. The number of nitrogens with zero attached hydrogens (tertiary/aromatic N) is 3. The molecule has 1 amide bonds. The first-order valence-electron chi connectivity index (χ1n) is 10.9. The number of hydrogen-bond donors (Lipinski definition) is 1. The summed E-state index contributed by atoms with van der Waals surface area (Å²) >= 11 is 1.61. The largest absolute Gasteiger partial charge is 0.353 e. The van der Waals surface area contributed by atoms with Gasteiger partial charge in [-0.3, -0.25) is 4.79 Å². The number of amides is 1. The highest BCUT2D eigenvalue weighted by Gasteiger charge is 2.15. The van der Waals surface area contributed by atoms with Gasteiger partial charge in [-0.05, 0) is 49.6 Å². The number of hydrogen-bond acceptors (Lipinski definition) is 3. The molecule has 0 spiro atoms. The first-order chi connectivity index (χ1) is 15.7. The van der Waals surface area contributed by atoms with Crippen LogP contribution in [0.3, 0.4) is 0 Å². The molecule has 0 aliphatic rings. The average Bonchev–Trinajstić information content (AvgIpc) is 3.49. The summed E-state index contributed by atoms with van der Waals surface area (Å²) in [7, 11) is 0. The van der Waals surface area contributed by atoms with Crippen LogP contribution in [0.25, 0.3) is 11.5 Å². The third-order valence-corrected chi connectivity index (χ3v) is 6.26. The Hall–Kier alpha value is -3.25. The Morgan fingerprint density at radius 1 is 1.00 bits per heavy atom. The Bertz CT molecular complexity index is 1110. The van der Waals surface area contributed by atoms with E-state index >= 15 is 0 Å². The van der Waals surface area contributed by atoms with Gasteiger partial charge in [-0.25, -0.2) is 4.68 Å². The van der Waals surface area contributed by atoms with Crippen molar-refractivity contribution >= 4 is 17.7 Å². The minimum atomic E-state index is 0.0773. The van der Waals surface area contributed by atoms with E-state index in [2.05, 4.69) is 46.2 Å². The van der Waals surface area contributed by atoms with Crippen molar-refractivity contribution in [1.82, 2.24) is 19.7 Å². The van der Waals surface area contributed by atoms with Gasteiger partial charge < -0.3 is 9.88 Å². The molecule has 0 aliphatic heterocycles. The van der Waals surface area contributed by atoms with Crippen molar-refractivity contribution in [3.8, 4) is 11.5 Å². The quantitative estimate of drug-likeness (QED) is 0.373. The van der Waals surface area contributed by atoms with E-state index in [0.717, 1.165) is 29.9 Å². The molecule has 0 fully saturated rings. The number of carbonyl (C=O) groups excluding carboxylic acids is 1. The van der Waals surface area contributed by atoms with E-state index in [4.69, 9.17) is 0 Å². The van der Waals surface area contributed by atoms with Gasteiger partial charge in [-0.15, -0.1) is 11.8 Å². The fourth-order valence-corrected chi connectivity index (χ4v) is 4.45. The van der Waals surface area contributed by atoms with E-state index < -0.39 is 0 Å². The van der Waals surface area contributed by atoms with E-state index in [9.17, 15) is 4.79 Å². The maximum atomic E-state index is 12.4. The summed E-state index contributed by atoms with van der Waals surface area (Å²) in [6.45, 7) is 2.07. The van der Waals surface area contributed by atoms with Crippen LogP contribution < -0.4 is 5.32 Å². The summed E-state index contributed by atoms with van der Waals surface area (Å²) in [4.78, 5) is 12.4. The Kier molecular flexibility index (Phi) is 7.46. The lowest BCUT2D eigenvalue weighted by molar-refractivity contribution is -0.119. The predicted octanol–water partition coefficient (Wildman–Crippen LogP) is 5.03. The highest BCUT2D eigenvalue weighted by atomic mass is 32.2. The van der Waals surface area contributed by atoms with Crippen LogP contribution >= 0.6 is 11.8 Å². The minimum absolute atomic E-state index is 0.0773. The SMILES string of the molecule is C[C@@H](CCc1ccccc1)NC(=O)CSCc1cnn(-c2ccccc2)c1-n1cccc1. The van der Waals surface area contributed by atoms with Gasteiger partial charge in [0.2, 0.25) is 5.91 Å². The second kappa shape index (κ2) is 10.9. The molecule has 0 bridgehead atoms. The standard InChI is InChI=1S/C26H28N4OS/c1-21(14-15-22-10-4-2-5-11-22)28-25(31)20-32-19-23-18-27-30(24-12-6-3-7-13-24)26(23)29-16-8-9-17-29/h2-13,16-18,21H,14-15,19-20H2,1H3,(H,28,31)/t21-/m0/s1. The lowest BCUT2D eigenvalue weighted by Gasteiger charge is -2.14. The Labute approximate surface area is 193 Å². The number of aryl methyl sites for hydroxylation is 1. The summed E-state index contributed by atoms with van der Waals surface area (Å²) in [5, 5.41) is 7.75. The monoisotopic (exact) mass is 444 g/mol. The number of aromatic nitrogens is 3. The topological polar surface area (TPSA) is 51.9 Å². The molecule has 164 valence electrons. The van der Waals surface area contributed by atoms with Crippen molar-refractivity contribution in [2.75, 3.05) is 5.75 Å². The van der Waals surface area contributed by atoms with Crippen LogP contribution in [-0.2, 0) is 17.0 Å². The Balaban J connectivity index is 1.33. The zero-order valence-electron chi connectivity index (χ0n) is 18.2. The van der Waals surface area contributed by atoms with Gasteiger partial charge >= 0.3 is 0 Å². The second-order valence-electron chi connectivity index (χ2n) is 7.82. The molecule has 0 unspecified atom stereocenters. The van der Waals surface area contributed by atoms with Crippen molar-refractivity contribution in [3.05, 3.63) is 103 Å². The molecule has 2 aromatic heterocycles. The third kappa shape index (κ3) is 5.71. The zero-order chi connectivity index (χ0) is 22.2. The fourth-order valence-electron chi connectivity index (χ4n) is 3.66. The molecule has 0 radical (unpaired) electrons. The van der Waals surface area contributed by atoms with E-state index in [-0.39, 0.29) is 11.9 Å². The summed E-state index contributed by atoms with van der Waals surface area (Å²) in [5.74, 6) is 2.22. The molecule has 1 N–H and O–H groups in total. The summed E-state index contributed by atoms with van der Waals surface area (Å²) in [6, 6.07) is 24.6. The smallest absolute Gasteiger partial charge is 0.230 e. The van der Waals surface area contributed by atoms with Gasteiger partial charge in [0.25, 0.3) is 0 Å².